The minimum absolute atomic E-state index is 0.342. The van der Waals surface area contributed by atoms with Crippen LogP contribution in [0.2, 0.25) is 0 Å². The van der Waals surface area contributed by atoms with E-state index in [1.165, 1.54) is 18.2 Å². The first-order valence-corrected chi connectivity index (χ1v) is 5.87. The van der Waals surface area contributed by atoms with Crippen molar-refractivity contribution in [1.82, 2.24) is 0 Å². The second-order valence-corrected chi connectivity index (χ2v) is 4.48. The summed E-state index contributed by atoms with van der Waals surface area (Å²) in [5, 5.41) is 11.6. The number of hydrogen-bond donors (Lipinski definition) is 2. The van der Waals surface area contributed by atoms with Crippen LogP contribution >= 0.6 is 0 Å². The molecule has 4 nitrogen and oxygen atoms in total. The highest BCUT2D eigenvalue weighted by Gasteiger charge is 2.37. The molecule has 0 saturated heterocycles. The third-order valence-electron chi connectivity index (χ3n) is 3.26. The molecule has 0 spiro atoms. The van der Waals surface area contributed by atoms with E-state index in [2.05, 4.69) is 5.32 Å². The molecule has 0 radical (unpaired) electrons. The first kappa shape index (κ1) is 12.5. The molecule has 1 aromatic carbocycles. The van der Waals surface area contributed by atoms with Crippen LogP contribution in [-0.4, -0.2) is 17.0 Å². The van der Waals surface area contributed by atoms with Gasteiger partial charge in [-0.1, -0.05) is 12.5 Å². The molecule has 1 amide bonds. The topological polar surface area (TPSA) is 66.4 Å². The van der Waals surface area contributed by atoms with Gasteiger partial charge in [0, 0.05) is 5.69 Å². The Kier molecular flexibility index (Phi) is 3.60. The van der Waals surface area contributed by atoms with Gasteiger partial charge in [0.25, 0.3) is 0 Å². The fraction of sp³-hybridized carbons (Fsp3) is 0.385. The van der Waals surface area contributed by atoms with Gasteiger partial charge in [-0.3, -0.25) is 9.59 Å². The molecule has 18 heavy (non-hydrogen) atoms. The van der Waals surface area contributed by atoms with Crippen molar-refractivity contribution in [2.45, 2.75) is 19.3 Å². The molecule has 0 aromatic heterocycles. The molecule has 1 saturated carbocycles. The molecule has 2 N–H and O–H groups in total. The summed E-state index contributed by atoms with van der Waals surface area (Å²) >= 11 is 0. The lowest BCUT2D eigenvalue weighted by Gasteiger charge is -2.15. The van der Waals surface area contributed by atoms with Crippen molar-refractivity contribution in [2.24, 2.45) is 11.8 Å². The number of anilines is 1. The average Bonchev–Trinajstić information content (AvgIpc) is 2.77. The minimum Gasteiger partial charge on any atom is -0.481 e. The molecule has 2 atom stereocenters. The van der Waals surface area contributed by atoms with E-state index in [-0.39, 0.29) is 5.91 Å². The maximum atomic E-state index is 13.0. The van der Waals surface area contributed by atoms with Crippen molar-refractivity contribution in [3.63, 3.8) is 0 Å². The Morgan fingerprint density at radius 1 is 1.28 bits per heavy atom. The first-order valence-electron chi connectivity index (χ1n) is 5.87. The highest BCUT2D eigenvalue weighted by Crippen LogP contribution is 2.32. The summed E-state index contributed by atoms with van der Waals surface area (Å²) in [6, 6.07) is 5.56. The summed E-state index contributed by atoms with van der Waals surface area (Å²) in [5.41, 5.74) is 0.357. The number of carboxylic acid groups (broad SMARTS) is 1. The van der Waals surface area contributed by atoms with Gasteiger partial charge in [-0.05, 0) is 31.0 Å². The number of rotatable bonds is 3. The lowest BCUT2D eigenvalue weighted by molar-refractivity contribution is -0.145. The average molecular weight is 251 g/mol. The quantitative estimate of drug-likeness (QED) is 0.866. The molecule has 1 aliphatic carbocycles. The Balaban J connectivity index is 2.06. The Morgan fingerprint density at radius 2 is 2.00 bits per heavy atom. The SMILES string of the molecule is O=C(O)C1CCCC1C(=O)Nc1cccc(F)c1. The largest absolute Gasteiger partial charge is 0.481 e. The Morgan fingerprint density at radius 3 is 2.67 bits per heavy atom. The maximum absolute atomic E-state index is 13.0. The zero-order valence-corrected chi connectivity index (χ0v) is 9.73. The van der Waals surface area contributed by atoms with Gasteiger partial charge in [0.2, 0.25) is 5.91 Å². The van der Waals surface area contributed by atoms with Crippen LogP contribution in [0.15, 0.2) is 24.3 Å². The summed E-state index contributed by atoms with van der Waals surface area (Å²) in [5.74, 6) is -2.87. The lowest BCUT2D eigenvalue weighted by Crippen LogP contribution is -2.29. The number of carbonyl (C=O) groups is 2. The molecule has 0 aliphatic heterocycles. The molecule has 1 fully saturated rings. The van der Waals surface area contributed by atoms with E-state index in [0.717, 1.165) is 6.42 Å². The zero-order valence-electron chi connectivity index (χ0n) is 9.73. The highest BCUT2D eigenvalue weighted by atomic mass is 19.1. The summed E-state index contributed by atoms with van der Waals surface area (Å²) in [6.07, 6.45) is 1.83. The molecule has 5 heteroatoms. The van der Waals surface area contributed by atoms with Gasteiger partial charge < -0.3 is 10.4 Å². The number of carbonyl (C=O) groups excluding carboxylic acids is 1. The van der Waals surface area contributed by atoms with Gasteiger partial charge in [0.1, 0.15) is 5.82 Å². The van der Waals surface area contributed by atoms with Crippen LogP contribution in [0.4, 0.5) is 10.1 Å². The second-order valence-electron chi connectivity index (χ2n) is 4.48. The molecule has 0 heterocycles. The van der Waals surface area contributed by atoms with E-state index >= 15 is 0 Å². The number of carboxylic acids is 1. The van der Waals surface area contributed by atoms with Crippen molar-refractivity contribution >= 4 is 17.6 Å². The van der Waals surface area contributed by atoms with E-state index in [1.807, 2.05) is 0 Å². The normalized spacial score (nSPS) is 22.7. The number of amides is 1. The van der Waals surface area contributed by atoms with Crippen LogP contribution in [-0.2, 0) is 9.59 Å². The van der Waals surface area contributed by atoms with E-state index < -0.39 is 23.6 Å². The van der Waals surface area contributed by atoms with Gasteiger partial charge in [0.05, 0.1) is 11.8 Å². The van der Waals surface area contributed by atoms with Crippen molar-refractivity contribution in [3.05, 3.63) is 30.1 Å². The second kappa shape index (κ2) is 5.16. The van der Waals surface area contributed by atoms with Crippen molar-refractivity contribution < 1.29 is 19.1 Å². The van der Waals surface area contributed by atoms with Crippen molar-refractivity contribution in [1.29, 1.82) is 0 Å². The maximum Gasteiger partial charge on any atom is 0.307 e. The highest BCUT2D eigenvalue weighted by molar-refractivity contribution is 5.95. The lowest BCUT2D eigenvalue weighted by atomic mass is 9.95. The Labute approximate surface area is 104 Å². The molecule has 2 rings (SSSR count). The van der Waals surface area contributed by atoms with Crippen LogP contribution in [0.3, 0.4) is 0 Å². The standard InChI is InChI=1S/C13H14FNO3/c14-8-3-1-4-9(7-8)15-12(16)10-5-2-6-11(10)13(17)18/h1,3-4,7,10-11H,2,5-6H2,(H,15,16)(H,17,18). The smallest absolute Gasteiger partial charge is 0.307 e. The molecule has 2 unspecified atom stereocenters. The van der Waals surface area contributed by atoms with Crippen LogP contribution in [0.25, 0.3) is 0 Å². The molecular formula is C13H14FNO3. The van der Waals surface area contributed by atoms with Crippen LogP contribution < -0.4 is 5.32 Å². The van der Waals surface area contributed by atoms with E-state index in [4.69, 9.17) is 5.11 Å². The fourth-order valence-electron chi connectivity index (χ4n) is 2.37. The monoisotopic (exact) mass is 251 g/mol. The summed E-state index contributed by atoms with van der Waals surface area (Å²) in [6.45, 7) is 0. The molecule has 0 bridgehead atoms. The number of halogens is 1. The Bertz CT molecular complexity index is 475. The van der Waals surface area contributed by atoms with Crippen LogP contribution in [0, 0.1) is 17.7 Å². The molecule has 96 valence electrons. The van der Waals surface area contributed by atoms with Gasteiger partial charge in [-0.15, -0.1) is 0 Å². The molecular weight excluding hydrogens is 237 g/mol. The van der Waals surface area contributed by atoms with Crippen molar-refractivity contribution in [2.75, 3.05) is 5.32 Å². The predicted octanol–water partition coefficient (Wildman–Crippen LogP) is 2.27. The van der Waals surface area contributed by atoms with Crippen molar-refractivity contribution in [3.8, 4) is 0 Å². The predicted molar refractivity (Wildman–Crippen MR) is 63.5 cm³/mol. The number of hydrogen-bond acceptors (Lipinski definition) is 2. The summed E-state index contributed by atoms with van der Waals surface area (Å²) < 4.78 is 13.0. The molecule has 1 aliphatic rings. The fourth-order valence-corrected chi connectivity index (χ4v) is 2.37. The van der Waals surface area contributed by atoms with Gasteiger partial charge in [-0.2, -0.15) is 0 Å². The van der Waals surface area contributed by atoms with Gasteiger partial charge in [-0.25, -0.2) is 4.39 Å². The number of benzene rings is 1. The van der Waals surface area contributed by atoms with E-state index in [9.17, 15) is 14.0 Å². The van der Waals surface area contributed by atoms with E-state index in [1.54, 1.807) is 6.07 Å². The van der Waals surface area contributed by atoms with Gasteiger partial charge in [0.15, 0.2) is 0 Å². The third kappa shape index (κ3) is 2.67. The first-order chi connectivity index (χ1) is 8.58. The zero-order chi connectivity index (χ0) is 13.1. The molecule has 1 aromatic rings. The van der Waals surface area contributed by atoms with Crippen LogP contribution in [0.1, 0.15) is 19.3 Å². The summed E-state index contributed by atoms with van der Waals surface area (Å²) in [7, 11) is 0. The number of aliphatic carboxylic acids is 1. The van der Waals surface area contributed by atoms with E-state index in [0.29, 0.717) is 18.5 Å². The summed E-state index contributed by atoms with van der Waals surface area (Å²) in [4.78, 5) is 22.9. The van der Waals surface area contributed by atoms with Gasteiger partial charge >= 0.3 is 5.97 Å². The number of nitrogens with one attached hydrogen (secondary N) is 1. The minimum atomic E-state index is -0.938. The Hall–Kier alpha value is -1.91. The third-order valence-corrected chi connectivity index (χ3v) is 3.26. The van der Waals surface area contributed by atoms with Crippen LogP contribution in [0.5, 0.6) is 0 Å².